The van der Waals surface area contributed by atoms with Crippen molar-refractivity contribution >= 4 is 29.2 Å². The van der Waals surface area contributed by atoms with Crippen molar-refractivity contribution in [3.63, 3.8) is 0 Å². The number of benzene rings is 2. The van der Waals surface area contributed by atoms with Crippen molar-refractivity contribution in [1.29, 1.82) is 0 Å². The zero-order chi connectivity index (χ0) is 21.3. The molecule has 0 saturated heterocycles. The Labute approximate surface area is 177 Å². The summed E-state index contributed by atoms with van der Waals surface area (Å²) in [5.41, 5.74) is 8.96. The second-order valence-corrected chi connectivity index (χ2v) is 7.79. The number of amidine groups is 1. The molecule has 10 heteroatoms. The summed E-state index contributed by atoms with van der Waals surface area (Å²) in [6.45, 7) is 0. The van der Waals surface area contributed by atoms with Gasteiger partial charge in [-0.3, -0.25) is 0 Å². The van der Waals surface area contributed by atoms with Gasteiger partial charge in [0.2, 0.25) is 0 Å². The largest absolute Gasteiger partial charge is 0.456 e. The minimum absolute atomic E-state index is 0.0337. The Balaban J connectivity index is 1.84. The minimum atomic E-state index is -0.589. The lowest BCUT2D eigenvalue weighted by molar-refractivity contribution is 0.206. The highest BCUT2D eigenvalue weighted by Gasteiger charge is 2.43. The number of nitrogens with two attached hydrogens (primary N) is 2. The van der Waals surface area contributed by atoms with Crippen LogP contribution in [-0.2, 0) is 5.54 Å². The highest BCUT2D eigenvalue weighted by Crippen LogP contribution is 2.50. The Morgan fingerprint density at radius 1 is 1.20 bits per heavy atom. The van der Waals surface area contributed by atoms with Crippen molar-refractivity contribution in [2.45, 2.75) is 37.6 Å². The van der Waals surface area contributed by atoms with E-state index in [4.69, 9.17) is 27.9 Å². The second-order valence-electron chi connectivity index (χ2n) is 7.39. The maximum Gasteiger partial charge on any atom is 0.319 e. The number of hydrogen-bond acceptors (Lipinski definition) is 5. The Bertz CT molecular complexity index is 1020. The quantitative estimate of drug-likeness (QED) is 0.218. The topological polar surface area (TPSA) is 127 Å². The van der Waals surface area contributed by atoms with E-state index < -0.39 is 11.4 Å². The van der Waals surface area contributed by atoms with Crippen LogP contribution in [0.3, 0.4) is 0 Å². The zero-order valence-corrected chi connectivity index (χ0v) is 16.9. The number of hydrazine groups is 1. The molecule has 1 aliphatic carbocycles. The normalized spacial score (nSPS) is 17.7. The van der Waals surface area contributed by atoms with Crippen LogP contribution < -0.4 is 32.5 Å². The number of nitrogens with one attached hydrogen (secondary N) is 3. The predicted octanol–water partition coefficient (Wildman–Crippen LogP) is 3.65. The second kappa shape index (κ2) is 8.00. The number of rotatable bonds is 4. The first-order valence-electron chi connectivity index (χ1n) is 9.62. The lowest BCUT2D eigenvalue weighted by Crippen LogP contribution is -2.52. The molecule has 7 N–H and O–H groups in total. The van der Waals surface area contributed by atoms with E-state index in [-0.39, 0.29) is 17.4 Å². The SMILES string of the molecule is NN/N=C(\N)c1cc(F)ccc1Oc1ccc(Cl)c2c1C1(CCCCC1)NC(=O)N2. The molecule has 2 aliphatic rings. The summed E-state index contributed by atoms with van der Waals surface area (Å²) in [4.78, 5) is 12.4. The molecule has 1 fully saturated rings. The maximum atomic E-state index is 13.8. The van der Waals surface area contributed by atoms with E-state index in [2.05, 4.69) is 21.3 Å². The van der Waals surface area contributed by atoms with Crippen molar-refractivity contribution in [3.05, 3.63) is 52.3 Å². The molecule has 0 radical (unpaired) electrons. The third kappa shape index (κ3) is 3.61. The third-order valence-corrected chi connectivity index (χ3v) is 5.83. The molecule has 0 atom stereocenters. The van der Waals surface area contributed by atoms with Gasteiger partial charge in [-0.05, 0) is 43.2 Å². The van der Waals surface area contributed by atoms with E-state index in [1.54, 1.807) is 12.1 Å². The van der Waals surface area contributed by atoms with Gasteiger partial charge in [0, 0.05) is 5.56 Å². The molecule has 1 spiro atoms. The summed E-state index contributed by atoms with van der Waals surface area (Å²) >= 11 is 6.42. The molecule has 2 amide bonds. The number of fused-ring (bicyclic) bond motifs is 2. The van der Waals surface area contributed by atoms with E-state index in [0.29, 0.717) is 22.2 Å². The van der Waals surface area contributed by atoms with Gasteiger partial charge in [0.15, 0.2) is 5.84 Å². The lowest BCUT2D eigenvalue weighted by Gasteiger charge is -2.43. The van der Waals surface area contributed by atoms with Gasteiger partial charge < -0.3 is 21.1 Å². The molecule has 1 aliphatic heterocycles. The van der Waals surface area contributed by atoms with Gasteiger partial charge in [-0.1, -0.05) is 30.9 Å². The first kappa shape index (κ1) is 20.2. The number of anilines is 1. The van der Waals surface area contributed by atoms with Crippen molar-refractivity contribution < 1.29 is 13.9 Å². The van der Waals surface area contributed by atoms with Crippen LogP contribution in [0.15, 0.2) is 35.4 Å². The van der Waals surface area contributed by atoms with Crippen LogP contribution in [0.2, 0.25) is 5.02 Å². The fraction of sp³-hybridized carbons (Fsp3) is 0.300. The van der Waals surface area contributed by atoms with Crippen LogP contribution in [-0.4, -0.2) is 11.9 Å². The number of halogens is 2. The number of nitrogens with zero attached hydrogens (tertiary/aromatic N) is 1. The van der Waals surface area contributed by atoms with E-state index in [1.165, 1.54) is 18.2 Å². The van der Waals surface area contributed by atoms with Crippen LogP contribution in [0.25, 0.3) is 0 Å². The summed E-state index contributed by atoms with van der Waals surface area (Å²) < 4.78 is 20.1. The molecule has 2 aromatic rings. The number of hydrazone groups is 1. The molecule has 2 aromatic carbocycles. The Morgan fingerprint density at radius 2 is 1.93 bits per heavy atom. The van der Waals surface area contributed by atoms with E-state index in [9.17, 15) is 9.18 Å². The summed E-state index contributed by atoms with van der Waals surface area (Å²) in [5, 5.41) is 10.0. The van der Waals surface area contributed by atoms with Gasteiger partial charge in [0.25, 0.3) is 0 Å². The van der Waals surface area contributed by atoms with E-state index in [1.807, 2.05) is 0 Å². The smallest absolute Gasteiger partial charge is 0.319 e. The van der Waals surface area contributed by atoms with E-state index >= 15 is 0 Å². The molecule has 0 unspecified atom stereocenters. The molecule has 0 aromatic heterocycles. The summed E-state index contributed by atoms with van der Waals surface area (Å²) in [6, 6.07) is 7.03. The molecule has 4 rings (SSSR count). The molecular formula is C20H22ClFN6O2. The molecule has 8 nitrogen and oxygen atoms in total. The zero-order valence-electron chi connectivity index (χ0n) is 16.1. The summed E-state index contributed by atoms with van der Waals surface area (Å²) in [6.07, 6.45) is 4.56. The first-order chi connectivity index (χ1) is 14.4. The van der Waals surface area contributed by atoms with Crippen LogP contribution in [0.1, 0.15) is 43.2 Å². The van der Waals surface area contributed by atoms with Crippen molar-refractivity contribution in [2.75, 3.05) is 5.32 Å². The average molecular weight is 433 g/mol. The lowest BCUT2D eigenvalue weighted by atomic mass is 9.74. The van der Waals surface area contributed by atoms with Gasteiger partial charge in [0.1, 0.15) is 17.3 Å². The molecule has 0 bridgehead atoms. The van der Waals surface area contributed by atoms with Gasteiger partial charge in [-0.2, -0.15) is 0 Å². The van der Waals surface area contributed by atoms with Crippen LogP contribution in [0.5, 0.6) is 11.5 Å². The van der Waals surface area contributed by atoms with Crippen LogP contribution in [0, 0.1) is 5.82 Å². The maximum absolute atomic E-state index is 13.8. The van der Waals surface area contributed by atoms with Crippen LogP contribution in [0.4, 0.5) is 14.9 Å². The summed E-state index contributed by atoms with van der Waals surface area (Å²) in [5.74, 6) is 5.46. The standard InChI is InChI=1S/C20H22ClFN6O2/c21-13-5-7-15(30-14-6-4-11(22)10-12(14)18(23)27-28-24)16-17(13)25-19(29)26-20(16)8-2-1-3-9-20/h4-7,10,28H,1-3,8-9,24H2,(H2,23,27)(H2,25,26,29). The highest BCUT2D eigenvalue weighted by molar-refractivity contribution is 6.34. The van der Waals surface area contributed by atoms with Crippen molar-refractivity contribution in [1.82, 2.24) is 10.9 Å². The molecular weight excluding hydrogens is 411 g/mol. The Kier molecular flexibility index (Phi) is 5.40. The van der Waals surface area contributed by atoms with Crippen LogP contribution >= 0.6 is 11.6 Å². The minimum Gasteiger partial charge on any atom is -0.456 e. The Hall–Kier alpha value is -3.04. The fourth-order valence-electron chi connectivity index (χ4n) is 4.24. The molecule has 1 heterocycles. The van der Waals surface area contributed by atoms with Gasteiger partial charge >= 0.3 is 6.03 Å². The monoisotopic (exact) mass is 432 g/mol. The van der Waals surface area contributed by atoms with Crippen molar-refractivity contribution in [3.8, 4) is 11.5 Å². The average Bonchev–Trinajstić information content (AvgIpc) is 2.72. The highest BCUT2D eigenvalue weighted by atomic mass is 35.5. The number of ether oxygens (including phenoxy) is 1. The summed E-state index contributed by atoms with van der Waals surface area (Å²) in [7, 11) is 0. The molecule has 1 saturated carbocycles. The fourth-order valence-corrected chi connectivity index (χ4v) is 4.44. The van der Waals surface area contributed by atoms with Gasteiger partial charge in [0.05, 0.1) is 21.8 Å². The predicted molar refractivity (Wildman–Crippen MR) is 113 cm³/mol. The number of carbonyl (C=O) groups is 1. The third-order valence-electron chi connectivity index (χ3n) is 5.52. The van der Waals surface area contributed by atoms with Gasteiger partial charge in [-0.25, -0.2) is 20.6 Å². The van der Waals surface area contributed by atoms with E-state index in [0.717, 1.165) is 37.7 Å². The number of urea groups is 1. The number of amides is 2. The molecule has 30 heavy (non-hydrogen) atoms. The first-order valence-corrected chi connectivity index (χ1v) is 10.00. The number of carbonyl (C=O) groups excluding carboxylic acids is 1. The van der Waals surface area contributed by atoms with Crippen molar-refractivity contribution in [2.24, 2.45) is 16.7 Å². The Morgan fingerprint density at radius 3 is 2.67 bits per heavy atom. The van der Waals surface area contributed by atoms with Gasteiger partial charge in [-0.15, -0.1) is 5.10 Å². The number of hydrogen-bond donors (Lipinski definition) is 5. The molecule has 158 valence electrons.